The zero-order valence-electron chi connectivity index (χ0n) is 33.8. The average molecular weight is 782 g/mol. The summed E-state index contributed by atoms with van der Waals surface area (Å²) in [4.78, 5) is 33.5. The molecule has 0 amide bonds. The number of carboxylic acid groups (broad SMARTS) is 1. The van der Waals surface area contributed by atoms with Crippen molar-refractivity contribution in [1.82, 2.24) is 0 Å². The molecule has 0 aliphatic rings. The third-order valence-electron chi connectivity index (χ3n) is 8.56. The van der Waals surface area contributed by atoms with E-state index in [9.17, 15) is 19.0 Å². The van der Waals surface area contributed by atoms with E-state index in [4.69, 9.17) is 29.4 Å². The van der Waals surface area contributed by atoms with E-state index in [2.05, 4.69) is 68.5 Å². The van der Waals surface area contributed by atoms with E-state index in [-0.39, 0.29) is 13.0 Å². The molecule has 3 unspecified atom stereocenters. The van der Waals surface area contributed by atoms with Crippen LogP contribution in [0.25, 0.3) is 0 Å². The Morgan fingerprint density at radius 3 is 1.54 bits per heavy atom. The van der Waals surface area contributed by atoms with Crippen LogP contribution >= 0.6 is 7.82 Å². The van der Waals surface area contributed by atoms with E-state index in [1.807, 2.05) is 6.08 Å². The predicted molar refractivity (Wildman–Crippen MR) is 221 cm³/mol. The zero-order valence-corrected chi connectivity index (χ0v) is 34.7. The van der Waals surface area contributed by atoms with Gasteiger partial charge in [0.25, 0.3) is 0 Å². The number of carboxylic acids is 1. The summed E-state index contributed by atoms with van der Waals surface area (Å²) in [5.41, 5.74) is 5.34. The second-order valence-corrected chi connectivity index (χ2v) is 15.2. The lowest BCUT2D eigenvalue weighted by molar-refractivity contribution is -0.154. The van der Waals surface area contributed by atoms with Crippen LogP contribution in [0.1, 0.15) is 162 Å². The van der Waals surface area contributed by atoms with Crippen LogP contribution in [0.15, 0.2) is 60.8 Å². The molecule has 0 aromatic rings. The molecule has 0 spiro atoms. The number of unbranched alkanes of at least 4 members (excludes halogenated alkanes) is 15. The van der Waals surface area contributed by atoms with Gasteiger partial charge in [-0.2, -0.15) is 0 Å². The molecule has 0 saturated carbocycles. The van der Waals surface area contributed by atoms with Gasteiger partial charge in [0.05, 0.1) is 19.8 Å². The summed E-state index contributed by atoms with van der Waals surface area (Å²) >= 11 is 0. The highest BCUT2D eigenvalue weighted by Gasteiger charge is 2.27. The lowest BCUT2D eigenvalue weighted by Crippen LogP contribution is -2.34. The van der Waals surface area contributed by atoms with Gasteiger partial charge in [-0.1, -0.05) is 164 Å². The third kappa shape index (κ3) is 38.0. The van der Waals surface area contributed by atoms with Gasteiger partial charge in [0.15, 0.2) is 0 Å². The Kier molecular flexibility index (Phi) is 37.2. The molecule has 54 heavy (non-hydrogen) atoms. The Bertz CT molecular complexity index is 1090. The van der Waals surface area contributed by atoms with E-state index in [0.29, 0.717) is 19.4 Å². The molecule has 0 fully saturated rings. The van der Waals surface area contributed by atoms with Gasteiger partial charge in [-0.15, -0.1) is 0 Å². The standard InChI is InChI=1S/C43H76NO9P/c1-3-5-7-9-11-13-15-17-19-20-21-23-25-27-29-31-33-35-42(45)53-40(38-51-54(48,49)52-39-41(44)43(46)47)37-50-36-34-32-30-28-26-24-22-18-16-14-12-10-8-6-4-2/h5,7,11,13,17,19,21,23,27,29,40-41H,3-4,6,8-10,12,14-16,18,20,22,24-26,28,30-39,44H2,1-2H3,(H,46,47)(H,48,49)/b7-5-,13-11-,19-17-,23-21-,29-27-. The number of rotatable bonds is 39. The molecule has 0 aliphatic heterocycles. The SMILES string of the molecule is CC/C=C\C/C=C\C/C=C\C/C=C\C/C=C\CCCC(=O)OC(COCCCCCCCCCCCCCCCCC)COP(=O)(O)OCC(N)C(=O)O. The number of phosphoric ester groups is 1. The number of hydrogen-bond donors (Lipinski definition) is 3. The molecule has 4 N–H and O–H groups in total. The Morgan fingerprint density at radius 1 is 0.611 bits per heavy atom. The van der Waals surface area contributed by atoms with Gasteiger partial charge in [0, 0.05) is 13.0 Å². The van der Waals surface area contributed by atoms with Gasteiger partial charge in [-0.05, 0) is 51.4 Å². The zero-order chi connectivity index (χ0) is 39.8. The van der Waals surface area contributed by atoms with Crippen molar-refractivity contribution in [2.75, 3.05) is 26.4 Å². The van der Waals surface area contributed by atoms with Crippen LogP contribution in [0, 0.1) is 0 Å². The maximum absolute atomic E-state index is 12.6. The molecule has 0 bridgehead atoms. The molecular weight excluding hydrogens is 705 g/mol. The summed E-state index contributed by atoms with van der Waals surface area (Å²) in [6, 6.07) is -1.48. The molecule has 3 atom stereocenters. The highest BCUT2D eigenvalue weighted by atomic mass is 31.2. The van der Waals surface area contributed by atoms with Crippen LogP contribution in [-0.4, -0.2) is 60.5 Å². The van der Waals surface area contributed by atoms with Crippen LogP contribution in [0.2, 0.25) is 0 Å². The van der Waals surface area contributed by atoms with Crippen molar-refractivity contribution in [1.29, 1.82) is 0 Å². The lowest BCUT2D eigenvalue weighted by atomic mass is 10.0. The van der Waals surface area contributed by atoms with Gasteiger partial charge in [-0.25, -0.2) is 4.57 Å². The Morgan fingerprint density at radius 2 is 1.06 bits per heavy atom. The van der Waals surface area contributed by atoms with Crippen molar-refractivity contribution < 1.29 is 42.7 Å². The number of carbonyl (C=O) groups excluding carboxylic acids is 1. The van der Waals surface area contributed by atoms with Crippen LogP contribution in [0.5, 0.6) is 0 Å². The number of esters is 1. The second-order valence-electron chi connectivity index (χ2n) is 13.7. The Balaban J connectivity index is 4.37. The average Bonchev–Trinajstić information content (AvgIpc) is 3.15. The van der Waals surface area contributed by atoms with E-state index >= 15 is 0 Å². The number of phosphoric acid groups is 1. The first-order valence-electron chi connectivity index (χ1n) is 20.8. The van der Waals surface area contributed by atoms with Gasteiger partial charge >= 0.3 is 19.8 Å². The molecule has 10 nitrogen and oxygen atoms in total. The molecule has 0 aliphatic carbocycles. The minimum Gasteiger partial charge on any atom is -0.480 e. The first kappa shape index (κ1) is 51.7. The van der Waals surface area contributed by atoms with Gasteiger partial charge in [0.1, 0.15) is 12.1 Å². The fourth-order valence-electron chi connectivity index (χ4n) is 5.34. The van der Waals surface area contributed by atoms with E-state index in [1.54, 1.807) is 0 Å². The molecule has 0 radical (unpaired) electrons. The summed E-state index contributed by atoms with van der Waals surface area (Å²) in [7, 11) is -4.63. The number of ether oxygens (including phenoxy) is 2. The number of hydrogen-bond acceptors (Lipinski definition) is 8. The smallest absolute Gasteiger partial charge is 0.472 e. The summed E-state index contributed by atoms with van der Waals surface area (Å²) in [6.07, 6.45) is 45.6. The molecule has 11 heteroatoms. The largest absolute Gasteiger partial charge is 0.480 e. The lowest BCUT2D eigenvalue weighted by Gasteiger charge is -2.20. The molecule has 0 rings (SSSR count). The molecule has 0 saturated heterocycles. The topological polar surface area (TPSA) is 155 Å². The number of aliphatic carboxylic acids is 1. The summed E-state index contributed by atoms with van der Waals surface area (Å²) < 4.78 is 33.2. The first-order chi connectivity index (χ1) is 26.2. The maximum atomic E-state index is 12.6. The van der Waals surface area contributed by atoms with E-state index in [1.165, 1.54) is 77.0 Å². The predicted octanol–water partition coefficient (Wildman–Crippen LogP) is 11.3. The van der Waals surface area contributed by atoms with E-state index in [0.717, 1.165) is 51.4 Å². The molecule has 0 heterocycles. The van der Waals surface area contributed by atoms with Gasteiger partial charge in [0.2, 0.25) is 0 Å². The number of carbonyl (C=O) groups is 2. The minimum atomic E-state index is -4.63. The van der Waals surface area contributed by atoms with E-state index < -0.39 is 45.1 Å². The normalized spacial score (nSPS) is 14.6. The highest BCUT2D eigenvalue weighted by Crippen LogP contribution is 2.43. The number of nitrogens with two attached hydrogens (primary N) is 1. The highest BCUT2D eigenvalue weighted by molar-refractivity contribution is 7.47. The van der Waals surface area contributed by atoms with Crippen LogP contribution in [0.4, 0.5) is 0 Å². The second kappa shape index (κ2) is 38.9. The summed E-state index contributed by atoms with van der Waals surface area (Å²) in [5.74, 6) is -1.84. The molecular formula is C43H76NO9P. The Hall–Kier alpha value is -2.33. The monoisotopic (exact) mass is 782 g/mol. The third-order valence-corrected chi connectivity index (χ3v) is 9.51. The number of allylic oxidation sites excluding steroid dienone is 10. The van der Waals surface area contributed by atoms with Gasteiger partial charge < -0.3 is 25.2 Å². The van der Waals surface area contributed by atoms with Crippen molar-refractivity contribution >= 4 is 19.8 Å². The quantitative estimate of drug-likeness (QED) is 0.0237. The van der Waals surface area contributed by atoms with Crippen LogP contribution in [0.3, 0.4) is 0 Å². The van der Waals surface area contributed by atoms with Crippen molar-refractivity contribution in [2.24, 2.45) is 5.73 Å². The summed E-state index contributed by atoms with van der Waals surface area (Å²) in [6.45, 7) is 3.69. The van der Waals surface area contributed by atoms with Crippen molar-refractivity contribution in [3.05, 3.63) is 60.8 Å². The van der Waals surface area contributed by atoms with Gasteiger partial charge in [-0.3, -0.25) is 18.6 Å². The Labute approximate surface area is 328 Å². The molecule has 0 aromatic heterocycles. The first-order valence-corrected chi connectivity index (χ1v) is 22.3. The minimum absolute atomic E-state index is 0.00620. The summed E-state index contributed by atoms with van der Waals surface area (Å²) in [5, 5.41) is 8.88. The fourth-order valence-corrected chi connectivity index (χ4v) is 6.12. The van der Waals surface area contributed by atoms with Crippen molar-refractivity contribution in [3.63, 3.8) is 0 Å². The maximum Gasteiger partial charge on any atom is 0.472 e. The molecule has 312 valence electrons. The fraction of sp³-hybridized carbons (Fsp3) is 0.721. The van der Waals surface area contributed by atoms with Crippen LogP contribution < -0.4 is 5.73 Å². The van der Waals surface area contributed by atoms with Crippen molar-refractivity contribution in [2.45, 2.75) is 174 Å². The molecule has 0 aromatic carbocycles. The van der Waals surface area contributed by atoms with Crippen molar-refractivity contribution in [3.8, 4) is 0 Å². The van der Waals surface area contributed by atoms with Crippen LogP contribution in [-0.2, 0) is 32.7 Å².